The molecule has 1 heterocycles. The lowest BCUT2D eigenvalue weighted by molar-refractivity contribution is -0.119. The fourth-order valence-electron chi connectivity index (χ4n) is 2.64. The van der Waals surface area contributed by atoms with Gasteiger partial charge >= 0.3 is 0 Å². The third-order valence-corrected chi connectivity index (χ3v) is 7.15. The number of ether oxygens (including phenoxy) is 1. The number of methoxy groups -OCH3 is 1. The lowest BCUT2D eigenvalue weighted by atomic mass is 10.0. The second kappa shape index (κ2) is 7.57. The first-order chi connectivity index (χ1) is 10.8. The van der Waals surface area contributed by atoms with Crippen LogP contribution >= 0.6 is 11.8 Å². The SMILES string of the molecule is COc1ccc(C)cc1[C@@H](C)NC(=O)CS[C@@H]1CCS(=O)(=O)C1. The summed E-state index contributed by atoms with van der Waals surface area (Å²) in [6.45, 7) is 3.91. The van der Waals surface area contributed by atoms with Crippen molar-refractivity contribution in [2.24, 2.45) is 0 Å². The van der Waals surface area contributed by atoms with Gasteiger partial charge in [0.15, 0.2) is 9.84 Å². The van der Waals surface area contributed by atoms with Gasteiger partial charge in [-0.05, 0) is 26.3 Å². The molecule has 128 valence electrons. The zero-order valence-corrected chi connectivity index (χ0v) is 15.3. The molecule has 1 aromatic carbocycles. The van der Waals surface area contributed by atoms with Crippen LogP contribution in [0.3, 0.4) is 0 Å². The first-order valence-corrected chi connectivity index (χ1v) is 10.4. The molecule has 1 N–H and O–H groups in total. The molecule has 2 atom stereocenters. The largest absolute Gasteiger partial charge is 0.496 e. The number of carbonyl (C=O) groups excluding carboxylic acids is 1. The highest BCUT2D eigenvalue weighted by Gasteiger charge is 2.28. The van der Waals surface area contributed by atoms with E-state index in [-0.39, 0.29) is 34.5 Å². The van der Waals surface area contributed by atoms with Crippen LogP contribution in [0.4, 0.5) is 0 Å². The summed E-state index contributed by atoms with van der Waals surface area (Å²) in [5.74, 6) is 1.36. The number of sulfone groups is 1. The quantitative estimate of drug-likeness (QED) is 0.844. The fourth-order valence-corrected chi connectivity index (χ4v) is 6.09. The second-order valence-corrected chi connectivity index (χ2v) is 9.39. The van der Waals surface area contributed by atoms with Crippen molar-refractivity contribution in [1.82, 2.24) is 5.32 Å². The Kier molecular flexibility index (Phi) is 5.97. The van der Waals surface area contributed by atoms with E-state index in [1.54, 1.807) is 7.11 Å². The molecule has 7 heteroatoms. The van der Waals surface area contributed by atoms with Crippen LogP contribution in [0.15, 0.2) is 18.2 Å². The summed E-state index contributed by atoms with van der Waals surface area (Å²) >= 11 is 1.42. The Hall–Kier alpha value is -1.21. The Morgan fingerprint density at radius 2 is 2.22 bits per heavy atom. The summed E-state index contributed by atoms with van der Waals surface area (Å²) in [6.07, 6.45) is 0.640. The summed E-state index contributed by atoms with van der Waals surface area (Å²) in [4.78, 5) is 12.1. The van der Waals surface area contributed by atoms with Crippen molar-refractivity contribution in [3.63, 3.8) is 0 Å². The summed E-state index contributed by atoms with van der Waals surface area (Å²) in [5.41, 5.74) is 2.04. The van der Waals surface area contributed by atoms with E-state index in [0.29, 0.717) is 6.42 Å². The first kappa shape index (κ1) is 18.1. The Balaban J connectivity index is 1.89. The number of hydrogen-bond acceptors (Lipinski definition) is 5. The van der Waals surface area contributed by atoms with E-state index < -0.39 is 9.84 Å². The highest BCUT2D eigenvalue weighted by atomic mass is 32.2. The second-order valence-electron chi connectivity index (χ2n) is 5.87. The van der Waals surface area contributed by atoms with Crippen LogP contribution in [0.25, 0.3) is 0 Å². The molecule has 1 aromatic rings. The maximum absolute atomic E-state index is 12.1. The van der Waals surface area contributed by atoms with Crippen molar-refractivity contribution in [1.29, 1.82) is 0 Å². The lowest BCUT2D eigenvalue weighted by Gasteiger charge is -2.18. The van der Waals surface area contributed by atoms with Gasteiger partial charge in [0.2, 0.25) is 5.91 Å². The van der Waals surface area contributed by atoms with Crippen LogP contribution in [-0.4, -0.2) is 43.9 Å². The van der Waals surface area contributed by atoms with Crippen LogP contribution in [0.5, 0.6) is 5.75 Å². The van der Waals surface area contributed by atoms with Crippen LogP contribution in [0.1, 0.15) is 30.5 Å². The van der Waals surface area contributed by atoms with Crippen LogP contribution < -0.4 is 10.1 Å². The van der Waals surface area contributed by atoms with Gasteiger partial charge in [0.25, 0.3) is 0 Å². The van der Waals surface area contributed by atoms with Crippen LogP contribution in [0, 0.1) is 6.92 Å². The first-order valence-electron chi connectivity index (χ1n) is 7.56. The van der Waals surface area contributed by atoms with Crippen LogP contribution in [-0.2, 0) is 14.6 Å². The van der Waals surface area contributed by atoms with Gasteiger partial charge in [-0.3, -0.25) is 4.79 Å². The van der Waals surface area contributed by atoms with Crippen molar-refractivity contribution in [2.75, 3.05) is 24.4 Å². The number of carbonyl (C=O) groups is 1. The zero-order valence-electron chi connectivity index (χ0n) is 13.7. The molecular weight excluding hydrogens is 334 g/mol. The number of amides is 1. The minimum Gasteiger partial charge on any atom is -0.496 e. The Morgan fingerprint density at radius 1 is 1.48 bits per heavy atom. The molecule has 0 saturated carbocycles. The topological polar surface area (TPSA) is 72.5 Å². The molecule has 0 radical (unpaired) electrons. The average Bonchev–Trinajstić information content (AvgIpc) is 2.84. The van der Waals surface area contributed by atoms with Gasteiger partial charge in [0.1, 0.15) is 5.75 Å². The van der Waals surface area contributed by atoms with E-state index in [0.717, 1.165) is 16.9 Å². The number of benzene rings is 1. The highest BCUT2D eigenvalue weighted by molar-refractivity contribution is 8.02. The van der Waals surface area contributed by atoms with Gasteiger partial charge in [-0.15, -0.1) is 11.8 Å². The van der Waals surface area contributed by atoms with E-state index in [4.69, 9.17) is 4.74 Å². The molecular formula is C16H23NO4S2. The van der Waals surface area contributed by atoms with Gasteiger partial charge < -0.3 is 10.1 Å². The molecule has 0 aliphatic carbocycles. The van der Waals surface area contributed by atoms with Crippen molar-refractivity contribution < 1.29 is 17.9 Å². The molecule has 5 nitrogen and oxygen atoms in total. The molecule has 0 aromatic heterocycles. The predicted molar refractivity (Wildman–Crippen MR) is 93.8 cm³/mol. The van der Waals surface area contributed by atoms with Gasteiger partial charge in [0.05, 0.1) is 30.4 Å². The standard InChI is InChI=1S/C16H23NO4S2/c1-11-4-5-15(21-3)14(8-11)12(2)17-16(18)9-22-13-6-7-23(19,20)10-13/h4-5,8,12-13H,6-7,9-10H2,1-3H3,(H,17,18)/t12-,13-/m1/s1. The van der Waals surface area contributed by atoms with Crippen molar-refractivity contribution >= 4 is 27.5 Å². The Labute approximate surface area is 142 Å². The van der Waals surface area contributed by atoms with Crippen molar-refractivity contribution in [2.45, 2.75) is 31.6 Å². The maximum Gasteiger partial charge on any atom is 0.230 e. The lowest BCUT2D eigenvalue weighted by Crippen LogP contribution is -2.29. The monoisotopic (exact) mass is 357 g/mol. The third-order valence-electron chi connectivity index (χ3n) is 3.87. The fraction of sp³-hybridized carbons (Fsp3) is 0.562. The minimum absolute atomic E-state index is 0.0366. The summed E-state index contributed by atoms with van der Waals surface area (Å²) in [5, 5.41) is 2.99. The van der Waals surface area contributed by atoms with Gasteiger partial charge in [-0.25, -0.2) is 8.42 Å². The molecule has 23 heavy (non-hydrogen) atoms. The predicted octanol–water partition coefficient (Wildman–Crippen LogP) is 2.10. The number of nitrogens with one attached hydrogen (secondary N) is 1. The molecule has 1 saturated heterocycles. The number of thioether (sulfide) groups is 1. The summed E-state index contributed by atoms with van der Waals surface area (Å²) in [7, 11) is -1.28. The molecule has 0 bridgehead atoms. The van der Waals surface area contributed by atoms with E-state index in [1.807, 2.05) is 32.0 Å². The van der Waals surface area contributed by atoms with Crippen molar-refractivity contribution in [3.05, 3.63) is 29.3 Å². The number of rotatable bonds is 6. The van der Waals surface area contributed by atoms with E-state index in [2.05, 4.69) is 5.32 Å². The normalized spacial score (nSPS) is 20.9. The van der Waals surface area contributed by atoms with E-state index in [1.165, 1.54) is 11.8 Å². The van der Waals surface area contributed by atoms with E-state index in [9.17, 15) is 13.2 Å². The van der Waals surface area contributed by atoms with Gasteiger partial charge in [0, 0.05) is 10.8 Å². The average molecular weight is 357 g/mol. The molecule has 1 amide bonds. The summed E-state index contributed by atoms with van der Waals surface area (Å²) in [6, 6.07) is 5.70. The number of aryl methyl sites for hydroxylation is 1. The molecule has 1 aliphatic heterocycles. The minimum atomic E-state index is -2.89. The maximum atomic E-state index is 12.1. The Morgan fingerprint density at radius 3 is 2.83 bits per heavy atom. The summed E-state index contributed by atoms with van der Waals surface area (Å²) < 4.78 is 28.2. The van der Waals surface area contributed by atoms with E-state index >= 15 is 0 Å². The molecule has 1 aliphatic rings. The molecule has 1 fully saturated rings. The van der Waals surface area contributed by atoms with Gasteiger partial charge in [-0.1, -0.05) is 17.7 Å². The van der Waals surface area contributed by atoms with Crippen LogP contribution in [0.2, 0.25) is 0 Å². The molecule has 2 rings (SSSR count). The number of hydrogen-bond donors (Lipinski definition) is 1. The molecule has 0 spiro atoms. The Bertz CT molecular complexity index is 673. The van der Waals surface area contributed by atoms with Gasteiger partial charge in [-0.2, -0.15) is 0 Å². The highest BCUT2D eigenvalue weighted by Crippen LogP contribution is 2.27. The smallest absolute Gasteiger partial charge is 0.230 e. The van der Waals surface area contributed by atoms with Crippen molar-refractivity contribution in [3.8, 4) is 5.75 Å². The third kappa shape index (κ3) is 5.14. The molecule has 0 unspecified atom stereocenters. The zero-order chi connectivity index (χ0) is 17.0.